The minimum Gasteiger partial charge on any atom is -0.388 e. The second-order valence-electron chi connectivity index (χ2n) is 4.42. The summed E-state index contributed by atoms with van der Waals surface area (Å²) in [6.45, 7) is 8.22. The van der Waals surface area contributed by atoms with Crippen LogP contribution in [-0.2, 0) is 5.41 Å². The molecule has 14 heavy (non-hydrogen) atoms. The van der Waals surface area contributed by atoms with Crippen LogP contribution in [-0.4, -0.2) is 5.11 Å². The molecule has 0 fully saturated rings. The Balaban J connectivity index is 2.59. The number of allylic oxidation sites excluding steroid dienone is 1. The van der Waals surface area contributed by atoms with E-state index < -0.39 is 0 Å². The average Bonchev–Trinajstić information content (AvgIpc) is 2.42. The van der Waals surface area contributed by atoms with Crippen molar-refractivity contribution in [1.29, 1.82) is 0 Å². The van der Waals surface area contributed by atoms with Crippen LogP contribution in [0.25, 0.3) is 0 Å². The van der Waals surface area contributed by atoms with Crippen molar-refractivity contribution in [3.8, 4) is 0 Å². The summed E-state index contributed by atoms with van der Waals surface area (Å²) in [4.78, 5) is 0. The number of benzene rings is 1. The van der Waals surface area contributed by atoms with Crippen LogP contribution in [0.15, 0.2) is 36.4 Å². The van der Waals surface area contributed by atoms with Gasteiger partial charge in [-0.25, -0.2) is 0 Å². The fraction of sp³-hybridized carbons (Fsp3) is 0.385. The van der Waals surface area contributed by atoms with Gasteiger partial charge in [-0.3, -0.25) is 0 Å². The molecule has 0 aliphatic heterocycles. The molecule has 1 nitrogen and oxygen atoms in total. The van der Waals surface area contributed by atoms with Crippen molar-refractivity contribution >= 4 is 0 Å². The quantitative estimate of drug-likeness (QED) is 0.672. The Bertz CT molecular complexity index is 381. The molecule has 0 saturated heterocycles. The van der Waals surface area contributed by atoms with E-state index in [9.17, 15) is 5.11 Å². The highest BCUT2D eigenvalue weighted by Gasteiger charge is 2.39. The fourth-order valence-electron chi connectivity index (χ4n) is 2.30. The number of hydrogen-bond donors (Lipinski definition) is 1. The number of aliphatic hydroxyl groups is 1. The van der Waals surface area contributed by atoms with E-state index >= 15 is 0 Å². The lowest BCUT2D eigenvalue weighted by Gasteiger charge is -2.25. The van der Waals surface area contributed by atoms with Crippen LogP contribution in [0.1, 0.15) is 37.5 Å². The number of aliphatic hydroxyl groups excluding tert-OH is 1. The fourth-order valence-corrected chi connectivity index (χ4v) is 2.30. The third-order valence-corrected chi connectivity index (χ3v) is 3.46. The summed E-state index contributed by atoms with van der Waals surface area (Å²) in [5.74, 6) is 0. The molecule has 1 N–H and O–H groups in total. The molecule has 0 radical (unpaired) electrons. The van der Waals surface area contributed by atoms with Crippen molar-refractivity contribution in [3.63, 3.8) is 0 Å². The highest BCUT2D eigenvalue weighted by atomic mass is 16.3. The van der Waals surface area contributed by atoms with Crippen LogP contribution in [0.2, 0.25) is 0 Å². The molecule has 1 aliphatic rings. The molecule has 0 bridgehead atoms. The Kier molecular flexibility index (Phi) is 2.00. The number of rotatable bonds is 1. The van der Waals surface area contributed by atoms with E-state index in [4.69, 9.17) is 0 Å². The second-order valence-corrected chi connectivity index (χ2v) is 4.42. The minimum atomic E-state index is -0.326. The maximum absolute atomic E-state index is 9.92. The highest BCUT2D eigenvalue weighted by Crippen LogP contribution is 2.48. The molecular formula is C13H16O. The van der Waals surface area contributed by atoms with Gasteiger partial charge in [0, 0.05) is 5.41 Å². The van der Waals surface area contributed by atoms with Crippen LogP contribution in [0.4, 0.5) is 0 Å². The Morgan fingerprint density at radius 1 is 1.50 bits per heavy atom. The van der Waals surface area contributed by atoms with Crippen LogP contribution in [0.3, 0.4) is 0 Å². The number of hydrogen-bond acceptors (Lipinski definition) is 1. The van der Waals surface area contributed by atoms with Gasteiger partial charge in [0.2, 0.25) is 0 Å². The predicted octanol–water partition coefficient (Wildman–Crippen LogP) is 2.96. The van der Waals surface area contributed by atoms with Gasteiger partial charge < -0.3 is 5.11 Å². The van der Waals surface area contributed by atoms with Gasteiger partial charge in [-0.1, -0.05) is 43.3 Å². The summed E-state index contributed by atoms with van der Waals surface area (Å²) in [5.41, 5.74) is 3.38. The Morgan fingerprint density at radius 2 is 2.14 bits per heavy atom. The predicted molar refractivity (Wildman–Crippen MR) is 58.2 cm³/mol. The van der Waals surface area contributed by atoms with Gasteiger partial charge in [0.25, 0.3) is 0 Å². The van der Waals surface area contributed by atoms with Gasteiger partial charge in [0.1, 0.15) is 0 Å². The summed E-state index contributed by atoms with van der Waals surface area (Å²) in [7, 11) is 0. The molecule has 2 atom stereocenters. The molecule has 0 heterocycles. The average molecular weight is 188 g/mol. The van der Waals surface area contributed by atoms with E-state index in [1.54, 1.807) is 0 Å². The van der Waals surface area contributed by atoms with E-state index in [0.717, 1.165) is 17.6 Å². The standard InChI is InChI=1S/C13H16O/c1-9(2)13(3)8-12(14)10-6-4-5-7-11(10)13/h4-7,12,14H,1,8H2,2-3H3. The maximum Gasteiger partial charge on any atom is 0.0804 e. The summed E-state index contributed by atoms with van der Waals surface area (Å²) >= 11 is 0. The zero-order valence-electron chi connectivity index (χ0n) is 8.75. The topological polar surface area (TPSA) is 20.2 Å². The van der Waals surface area contributed by atoms with Crippen molar-refractivity contribution in [3.05, 3.63) is 47.5 Å². The van der Waals surface area contributed by atoms with E-state index in [-0.39, 0.29) is 11.5 Å². The van der Waals surface area contributed by atoms with Gasteiger partial charge in [0.15, 0.2) is 0 Å². The molecule has 0 saturated carbocycles. The zero-order valence-corrected chi connectivity index (χ0v) is 8.75. The van der Waals surface area contributed by atoms with Crippen molar-refractivity contribution in [1.82, 2.24) is 0 Å². The Morgan fingerprint density at radius 3 is 2.79 bits per heavy atom. The molecule has 1 aliphatic carbocycles. The molecule has 1 aromatic carbocycles. The molecule has 2 rings (SSSR count). The lowest BCUT2D eigenvalue weighted by Crippen LogP contribution is -2.19. The summed E-state index contributed by atoms with van der Waals surface area (Å²) in [5, 5.41) is 9.92. The SMILES string of the molecule is C=C(C)C1(C)CC(O)c2ccccc21. The van der Waals surface area contributed by atoms with Gasteiger partial charge in [-0.2, -0.15) is 0 Å². The van der Waals surface area contributed by atoms with Crippen LogP contribution < -0.4 is 0 Å². The van der Waals surface area contributed by atoms with Crippen LogP contribution >= 0.6 is 0 Å². The van der Waals surface area contributed by atoms with Gasteiger partial charge >= 0.3 is 0 Å². The van der Waals surface area contributed by atoms with Gasteiger partial charge in [0.05, 0.1) is 6.10 Å². The van der Waals surface area contributed by atoms with Crippen molar-refractivity contribution in [2.75, 3.05) is 0 Å². The van der Waals surface area contributed by atoms with E-state index in [2.05, 4.69) is 19.6 Å². The molecule has 74 valence electrons. The molecule has 0 spiro atoms. The zero-order chi connectivity index (χ0) is 10.3. The lowest BCUT2D eigenvalue weighted by atomic mass is 9.78. The summed E-state index contributed by atoms with van der Waals surface area (Å²) in [6, 6.07) is 8.11. The van der Waals surface area contributed by atoms with E-state index in [0.29, 0.717) is 0 Å². The van der Waals surface area contributed by atoms with Crippen molar-refractivity contribution in [2.45, 2.75) is 31.8 Å². The third kappa shape index (κ3) is 1.12. The second kappa shape index (κ2) is 2.96. The minimum absolute atomic E-state index is 0.0456. The first-order valence-corrected chi connectivity index (χ1v) is 4.99. The number of fused-ring (bicyclic) bond motifs is 1. The molecule has 1 aromatic rings. The molecule has 0 amide bonds. The lowest BCUT2D eigenvalue weighted by molar-refractivity contribution is 0.164. The van der Waals surface area contributed by atoms with Gasteiger partial charge in [-0.05, 0) is 24.5 Å². The first-order chi connectivity index (χ1) is 6.55. The van der Waals surface area contributed by atoms with Crippen molar-refractivity contribution in [2.24, 2.45) is 0 Å². The normalized spacial score (nSPS) is 30.1. The summed E-state index contributed by atoms with van der Waals surface area (Å²) < 4.78 is 0. The first-order valence-electron chi connectivity index (χ1n) is 4.99. The highest BCUT2D eigenvalue weighted by molar-refractivity contribution is 5.45. The summed E-state index contributed by atoms with van der Waals surface area (Å²) in [6.07, 6.45) is 0.440. The molecule has 1 heteroatoms. The maximum atomic E-state index is 9.92. The van der Waals surface area contributed by atoms with Crippen LogP contribution in [0.5, 0.6) is 0 Å². The van der Waals surface area contributed by atoms with Crippen LogP contribution in [0, 0.1) is 0 Å². The first kappa shape index (κ1) is 9.47. The third-order valence-electron chi connectivity index (χ3n) is 3.46. The van der Waals surface area contributed by atoms with E-state index in [1.165, 1.54) is 5.56 Å². The van der Waals surface area contributed by atoms with E-state index in [1.807, 2.05) is 25.1 Å². The molecule has 2 unspecified atom stereocenters. The molecular weight excluding hydrogens is 172 g/mol. The van der Waals surface area contributed by atoms with Gasteiger partial charge in [-0.15, -0.1) is 0 Å². The smallest absolute Gasteiger partial charge is 0.0804 e. The largest absolute Gasteiger partial charge is 0.388 e. The Labute approximate surface area is 85.1 Å². The Hall–Kier alpha value is -1.08. The monoisotopic (exact) mass is 188 g/mol. The van der Waals surface area contributed by atoms with Crippen molar-refractivity contribution < 1.29 is 5.11 Å². The molecule has 0 aromatic heterocycles.